The summed E-state index contributed by atoms with van der Waals surface area (Å²) in [6, 6.07) is 6.51. The molecule has 0 bridgehead atoms. The Morgan fingerprint density at radius 3 is 2.74 bits per heavy atom. The molecule has 1 aromatic rings. The Balaban J connectivity index is 0.00000484. The Bertz CT molecular complexity index is 459. The third-order valence-electron chi connectivity index (χ3n) is 3.12. The minimum Gasteiger partial charge on any atom is -0.383 e. The molecule has 1 aromatic carbocycles. The van der Waals surface area contributed by atoms with Gasteiger partial charge in [0.05, 0.1) is 13.2 Å². The second-order valence-corrected chi connectivity index (χ2v) is 5.05. The number of halogens is 2. The molecule has 0 amide bonds. The molecule has 0 spiro atoms. The molecule has 0 saturated carbocycles. The Hall–Kier alpha value is -0.930. The maximum atomic E-state index is 13.1. The summed E-state index contributed by atoms with van der Waals surface area (Å²) in [4.78, 5) is 6.66. The SMILES string of the molecule is CCNC(=NCc1cccc(F)c1)NCCN(C)CCOC.I. The molecule has 0 aromatic heterocycles. The van der Waals surface area contributed by atoms with E-state index < -0.39 is 0 Å². The zero-order chi connectivity index (χ0) is 16.2. The summed E-state index contributed by atoms with van der Waals surface area (Å²) in [5, 5.41) is 6.46. The van der Waals surface area contributed by atoms with Crippen molar-refractivity contribution < 1.29 is 9.13 Å². The van der Waals surface area contributed by atoms with E-state index in [2.05, 4.69) is 27.6 Å². The van der Waals surface area contributed by atoms with Crippen LogP contribution in [0.2, 0.25) is 0 Å². The molecule has 0 unspecified atom stereocenters. The van der Waals surface area contributed by atoms with Crippen molar-refractivity contribution in [2.45, 2.75) is 13.5 Å². The number of likely N-dealkylation sites (N-methyl/N-ethyl adjacent to an activating group) is 1. The molecular formula is C16H28FIN4O. The minimum atomic E-state index is -0.231. The van der Waals surface area contributed by atoms with Crippen LogP contribution in [0.1, 0.15) is 12.5 Å². The first-order valence-corrected chi connectivity index (χ1v) is 7.59. The lowest BCUT2D eigenvalue weighted by Crippen LogP contribution is -2.41. The number of aliphatic imine (C=N–C) groups is 1. The monoisotopic (exact) mass is 438 g/mol. The fourth-order valence-electron chi connectivity index (χ4n) is 1.87. The van der Waals surface area contributed by atoms with Gasteiger partial charge in [-0.25, -0.2) is 9.38 Å². The van der Waals surface area contributed by atoms with Crippen LogP contribution >= 0.6 is 24.0 Å². The van der Waals surface area contributed by atoms with Gasteiger partial charge in [0.1, 0.15) is 5.82 Å². The van der Waals surface area contributed by atoms with E-state index in [0.29, 0.717) is 6.54 Å². The average molecular weight is 438 g/mol. The fraction of sp³-hybridized carbons (Fsp3) is 0.562. The number of guanidine groups is 1. The lowest BCUT2D eigenvalue weighted by atomic mass is 10.2. The van der Waals surface area contributed by atoms with Crippen LogP contribution in [0.15, 0.2) is 29.3 Å². The van der Waals surface area contributed by atoms with E-state index in [-0.39, 0.29) is 29.8 Å². The van der Waals surface area contributed by atoms with Gasteiger partial charge in [0.25, 0.3) is 0 Å². The highest BCUT2D eigenvalue weighted by molar-refractivity contribution is 14.0. The van der Waals surface area contributed by atoms with Crippen LogP contribution in [-0.2, 0) is 11.3 Å². The van der Waals surface area contributed by atoms with Crippen molar-refractivity contribution in [2.24, 2.45) is 4.99 Å². The molecule has 0 saturated heterocycles. The number of rotatable bonds is 9. The molecular weight excluding hydrogens is 410 g/mol. The highest BCUT2D eigenvalue weighted by Gasteiger charge is 2.01. The zero-order valence-corrected chi connectivity index (χ0v) is 16.5. The second kappa shape index (κ2) is 13.5. The highest BCUT2D eigenvalue weighted by atomic mass is 127. The van der Waals surface area contributed by atoms with Crippen molar-refractivity contribution in [1.29, 1.82) is 0 Å². The molecule has 7 heteroatoms. The Labute approximate surface area is 155 Å². The summed E-state index contributed by atoms with van der Waals surface area (Å²) in [7, 11) is 3.76. The summed E-state index contributed by atoms with van der Waals surface area (Å²) in [6.45, 7) is 6.56. The number of ether oxygens (including phenoxy) is 1. The van der Waals surface area contributed by atoms with E-state index >= 15 is 0 Å². The molecule has 0 aliphatic rings. The predicted molar refractivity (Wildman–Crippen MR) is 104 cm³/mol. The predicted octanol–water partition coefficient (Wildman–Crippen LogP) is 2.08. The standard InChI is InChI=1S/C16H27FN4O.HI/c1-4-18-16(19-8-9-21(2)10-11-22-3)20-13-14-6-5-7-15(17)12-14;/h5-7,12H,4,8-11,13H2,1-3H3,(H2,18,19,20);1H. The molecule has 5 nitrogen and oxygen atoms in total. The van der Waals surface area contributed by atoms with Crippen molar-refractivity contribution in [1.82, 2.24) is 15.5 Å². The van der Waals surface area contributed by atoms with Crippen LogP contribution in [0.4, 0.5) is 4.39 Å². The van der Waals surface area contributed by atoms with Crippen LogP contribution in [0.25, 0.3) is 0 Å². The quantitative estimate of drug-likeness (QED) is 0.352. The first-order valence-electron chi connectivity index (χ1n) is 7.59. The summed E-state index contributed by atoms with van der Waals surface area (Å²) in [6.07, 6.45) is 0. The normalized spacial score (nSPS) is 11.3. The molecule has 0 radical (unpaired) electrons. The number of methoxy groups -OCH3 is 1. The molecule has 132 valence electrons. The fourth-order valence-corrected chi connectivity index (χ4v) is 1.87. The molecule has 0 fully saturated rings. The van der Waals surface area contributed by atoms with Crippen molar-refractivity contribution in [3.05, 3.63) is 35.6 Å². The third kappa shape index (κ3) is 10.5. The van der Waals surface area contributed by atoms with Gasteiger partial charge in [-0.3, -0.25) is 0 Å². The summed E-state index contributed by atoms with van der Waals surface area (Å²) in [5.74, 6) is 0.511. The Kier molecular flexibility index (Phi) is 13.0. The van der Waals surface area contributed by atoms with E-state index in [1.165, 1.54) is 12.1 Å². The van der Waals surface area contributed by atoms with Gasteiger partial charge in [0, 0.05) is 33.3 Å². The van der Waals surface area contributed by atoms with Crippen molar-refractivity contribution >= 4 is 29.9 Å². The van der Waals surface area contributed by atoms with Gasteiger partial charge in [-0.15, -0.1) is 24.0 Å². The van der Waals surface area contributed by atoms with Gasteiger partial charge in [-0.05, 0) is 31.7 Å². The lowest BCUT2D eigenvalue weighted by molar-refractivity contribution is 0.162. The molecule has 0 aliphatic heterocycles. The van der Waals surface area contributed by atoms with E-state index in [1.54, 1.807) is 13.2 Å². The van der Waals surface area contributed by atoms with Gasteiger partial charge in [-0.2, -0.15) is 0 Å². The van der Waals surface area contributed by atoms with Crippen molar-refractivity contribution in [3.63, 3.8) is 0 Å². The molecule has 1 rings (SSSR count). The molecule has 23 heavy (non-hydrogen) atoms. The van der Waals surface area contributed by atoms with Crippen LogP contribution < -0.4 is 10.6 Å². The highest BCUT2D eigenvalue weighted by Crippen LogP contribution is 2.04. The lowest BCUT2D eigenvalue weighted by Gasteiger charge is -2.17. The van der Waals surface area contributed by atoms with Gasteiger partial charge in [-0.1, -0.05) is 12.1 Å². The van der Waals surface area contributed by atoms with E-state index in [9.17, 15) is 4.39 Å². The molecule has 0 atom stereocenters. The summed E-state index contributed by atoms with van der Waals surface area (Å²) >= 11 is 0. The maximum Gasteiger partial charge on any atom is 0.191 e. The summed E-state index contributed by atoms with van der Waals surface area (Å²) < 4.78 is 18.2. The van der Waals surface area contributed by atoms with Gasteiger partial charge >= 0.3 is 0 Å². The van der Waals surface area contributed by atoms with Gasteiger partial charge < -0.3 is 20.3 Å². The average Bonchev–Trinajstić information content (AvgIpc) is 2.50. The first kappa shape index (κ1) is 22.1. The smallest absolute Gasteiger partial charge is 0.191 e. The number of benzene rings is 1. The van der Waals surface area contributed by atoms with E-state index in [0.717, 1.165) is 44.3 Å². The van der Waals surface area contributed by atoms with Crippen LogP contribution in [-0.4, -0.2) is 57.8 Å². The zero-order valence-electron chi connectivity index (χ0n) is 14.1. The maximum absolute atomic E-state index is 13.1. The van der Waals surface area contributed by atoms with E-state index in [1.807, 2.05) is 13.0 Å². The minimum absolute atomic E-state index is 0. The molecule has 0 aliphatic carbocycles. The molecule has 0 heterocycles. The number of nitrogens with one attached hydrogen (secondary N) is 2. The Morgan fingerprint density at radius 1 is 1.30 bits per heavy atom. The number of hydrogen-bond acceptors (Lipinski definition) is 3. The van der Waals surface area contributed by atoms with Crippen LogP contribution in [0.3, 0.4) is 0 Å². The van der Waals surface area contributed by atoms with E-state index in [4.69, 9.17) is 4.74 Å². The van der Waals surface area contributed by atoms with Crippen LogP contribution in [0, 0.1) is 5.82 Å². The third-order valence-corrected chi connectivity index (χ3v) is 3.12. The number of hydrogen-bond donors (Lipinski definition) is 2. The van der Waals surface area contributed by atoms with Crippen LogP contribution in [0.5, 0.6) is 0 Å². The first-order chi connectivity index (χ1) is 10.7. The van der Waals surface area contributed by atoms with Gasteiger partial charge in [0.2, 0.25) is 0 Å². The summed E-state index contributed by atoms with van der Waals surface area (Å²) in [5.41, 5.74) is 0.856. The topological polar surface area (TPSA) is 48.9 Å². The van der Waals surface area contributed by atoms with Crippen molar-refractivity contribution in [3.8, 4) is 0 Å². The Morgan fingerprint density at radius 2 is 2.09 bits per heavy atom. The number of nitrogens with zero attached hydrogens (tertiary/aromatic N) is 2. The largest absolute Gasteiger partial charge is 0.383 e. The van der Waals surface area contributed by atoms with Gasteiger partial charge in [0.15, 0.2) is 5.96 Å². The van der Waals surface area contributed by atoms with Crippen molar-refractivity contribution in [2.75, 3.05) is 46.9 Å². The molecule has 2 N–H and O–H groups in total. The second-order valence-electron chi connectivity index (χ2n) is 5.05.